The molecule has 1 saturated heterocycles. The monoisotopic (exact) mass is 347 g/mol. The van der Waals surface area contributed by atoms with Crippen LogP contribution >= 0.6 is 11.6 Å². The van der Waals surface area contributed by atoms with Crippen LogP contribution in [-0.4, -0.2) is 29.0 Å². The van der Waals surface area contributed by atoms with Gasteiger partial charge in [0.15, 0.2) is 5.82 Å². The van der Waals surface area contributed by atoms with Crippen molar-refractivity contribution in [3.8, 4) is 5.75 Å². The third kappa shape index (κ3) is 3.58. The van der Waals surface area contributed by atoms with Crippen molar-refractivity contribution in [2.75, 3.05) is 18.0 Å². The van der Waals surface area contributed by atoms with E-state index < -0.39 is 5.91 Å². The van der Waals surface area contributed by atoms with Crippen molar-refractivity contribution in [1.29, 1.82) is 0 Å². The molecule has 1 aliphatic rings. The van der Waals surface area contributed by atoms with Crippen molar-refractivity contribution in [1.82, 2.24) is 15.4 Å². The first kappa shape index (κ1) is 16.5. The van der Waals surface area contributed by atoms with Crippen LogP contribution in [0.3, 0.4) is 0 Å². The van der Waals surface area contributed by atoms with Gasteiger partial charge in [0.05, 0.1) is 5.02 Å². The second-order valence-corrected chi connectivity index (χ2v) is 5.82. The average molecular weight is 348 g/mol. The Morgan fingerprint density at radius 3 is 2.79 bits per heavy atom. The van der Waals surface area contributed by atoms with Gasteiger partial charge in [0, 0.05) is 19.3 Å². The lowest BCUT2D eigenvalue weighted by Crippen LogP contribution is -2.33. The fourth-order valence-corrected chi connectivity index (χ4v) is 2.78. The lowest BCUT2D eigenvalue weighted by molar-refractivity contribution is 0.0953. The molecule has 1 amide bonds. The van der Waals surface area contributed by atoms with Crippen LogP contribution in [0.1, 0.15) is 29.0 Å². The van der Waals surface area contributed by atoms with Crippen molar-refractivity contribution in [2.45, 2.75) is 19.4 Å². The molecule has 8 heteroatoms. The van der Waals surface area contributed by atoms with Gasteiger partial charge in [0.1, 0.15) is 23.7 Å². The first-order chi connectivity index (χ1) is 11.7. The number of amides is 1. The number of carbonyl (C=O) groups excluding carboxylic acids is 1. The second-order valence-electron chi connectivity index (χ2n) is 5.41. The van der Waals surface area contributed by atoms with Gasteiger partial charge in [-0.1, -0.05) is 23.7 Å². The SMILES string of the molecule is NNC(=O)c1cnc(COc2ccccc2Cl)nc1N1CCCC1. The zero-order chi connectivity index (χ0) is 16.9. The van der Waals surface area contributed by atoms with Gasteiger partial charge in [-0.05, 0) is 25.0 Å². The van der Waals surface area contributed by atoms with E-state index in [0.717, 1.165) is 25.9 Å². The van der Waals surface area contributed by atoms with Gasteiger partial charge < -0.3 is 9.64 Å². The molecule has 3 N–H and O–H groups in total. The summed E-state index contributed by atoms with van der Waals surface area (Å²) in [6, 6.07) is 7.20. The number of halogens is 1. The Morgan fingerprint density at radius 1 is 1.33 bits per heavy atom. The summed E-state index contributed by atoms with van der Waals surface area (Å²) in [5.74, 6) is 6.47. The fourth-order valence-electron chi connectivity index (χ4n) is 2.59. The molecule has 2 aromatic rings. The van der Waals surface area contributed by atoms with Crippen molar-refractivity contribution in [2.24, 2.45) is 5.84 Å². The first-order valence-electron chi connectivity index (χ1n) is 7.68. The van der Waals surface area contributed by atoms with Crippen LogP contribution in [0, 0.1) is 0 Å². The molecular formula is C16H18ClN5O2. The van der Waals surface area contributed by atoms with Crippen molar-refractivity contribution >= 4 is 23.3 Å². The minimum Gasteiger partial charge on any atom is -0.484 e. The highest BCUT2D eigenvalue weighted by molar-refractivity contribution is 6.32. The van der Waals surface area contributed by atoms with Crippen LogP contribution < -0.4 is 20.9 Å². The van der Waals surface area contributed by atoms with Gasteiger partial charge >= 0.3 is 0 Å². The van der Waals surface area contributed by atoms with Crippen LogP contribution in [0.2, 0.25) is 5.02 Å². The molecule has 0 spiro atoms. The smallest absolute Gasteiger partial charge is 0.270 e. The molecule has 1 aromatic carbocycles. The maximum Gasteiger partial charge on any atom is 0.270 e. The number of benzene rings is 1. The minimum atomic E-state index is -0.407. The molecule has 0 unspecified atom stereocenters. The van der Waals surface area contributed by atoms with Crippen LogP contribution in [0.15, 0.2) is 30.5 Å². The van der Waals surface area contributed by atoms with Crippen LogP contribution in [0.5, 0.6) is 5.75 Å². The topological polar surface area (TPSA) is 93.4 Å². The van der Waals surface area contributed by atoms with E-state index in [1.54, 1.807) is 12.1 Å². The number of aromatic nitrogens is 2. The first-order valence-corrected chi connectivity index (χ1v) is 8.06. The van der Waals surface area contributed by atoms with Gasteiger partial charge in [0.2, 0.25) is 0 Å². The highest BCUT2D eigenvalue weighted by Gasteiger charge is 2.22. The molecule has 1 aliphatic heterocycles. The van der Waals surface area contributed by atoms with Crippen molar-refractivity contribution in [3.63, 3.8) is 0 Å². The fraction of sp³-hybridized carbons (Fsp3) is 0.312. The van der Waals surface area contributed by atoms with E-state index in [9.17, 15) is 4.79 Å². The molecule has 0 atom stereocenters. The predicted molar refractivity (Wildman–Crippen MR) is 90.9 cm³/mol. The lowest BCUT2D eigenvalue weighted by Gasteiger charge is -2.19. The summed E-state index contributed by atoms with van der Waals surface area (Å²) in [5, 5.41) is 0.524. The number of nitrogens with one attached hydrogen (secondary N) is 1. The Kier molecular flexibility index (Phi) is 5.12. The molecule has 3 rings (SSSR count). The number of hydrogen-bond acceptors (Lipinski definition) is 6. The van der Waals surface area contributed by atoms with Crippen molar-refractivity contribution in [3.05, 3.63) is 46.9 Å². The number of rotatable bonds is 5. The minimum absolute atomic E-state index is 0.162. The molecule has 0 aliphatic carbocycles. The Bertz CT molecular complexity index is 734. The zero-order valence-corrected chi connectivity index (χ0v) is 13.8. The van der Waals surface area contributed by atoms with Gasteiger partial charge in [-0.3, -0.25) is 10.2 Å². The highest BCUT2D eigenvalue weighted by atomic mass is 35.5. The summed E-state index contributed by atoms with van der Waals surface area (Å²) < 4.78 is 5.67. The van der Waals surface area contributed by atoms with E-state index in [4.69, 9.17) is 22.2 Å². The highest BCUT2D eigenvalue weighted by Crippen LogP contribution is 2.25. The van der Waals surface area contributed by atoms with Gasteiger partial charge in [-0.25, -0.2) is 15.8 Å². The summed E-state index contributed by atoms with van der Waals surface area (Å²) in [7, 11) is 0. The summed E-state index contributed by atoms with van der Waals surface area (Å²) >= 11 is 6.07. The molecule has 0 radical (unpaired) electrons. The van der Waals surface area contributed by atoms with E-state index in [1.165, 1.54) is 6.20 Å². The van der Waals surface area contributed by atoms with E-state index in [2.05, 4.69) is 20.3 Å². The maximum absolute atomic E-state index is 11.9. The lowest BCUT2D eigenvalue weighted by atomic mass is 10.2. The Balaban J connectivity index is 1.82. The molecule has 2 heterocycles. The standard InChI is InChI=1S/C16H18ClN5O2/c17-12-5-1-2-6-13(12)24-10-14-19-9-11(16(23)21-18)15(20-14)22-7-3-4-8-22/h1-2,5-6,9H,3-4,7-8,10,18H2,(H,21,23). The number of carbonyl (C=O) groups is 1. The number of nitrogens with zero attached hydrogens (tertiary/aromatic N) is 3. The van der Waals surface area contributed by atoms with Crippen LogP contribution in [-0.2, 0) is 6.61 Å². The number of hydrazine groups is 1. The third-order valence-corrected chi connectivity index (χ3v) is 4.11. The van der Waals surface area contributed by atoms with E-state index in [0.29, 0.717) is 28.0 Å². The summed E-state index contributed by atoms with van der Waals surface area (Å²) in [5.41, 5.74) is 2.50. The normalized spacial score (nSPS) is 13.8. The molecule has 7 nitrogen and oxygen atoms in total. The van der Waals surface area contributed by atoms with Crippen LogP contribution in [0.25, 0.3) is 0 Å². The number of para-hydroxylation sites is 1. The number of nitrogens with two attached hydrogens (primary N) is 1. The maximum atomic E-state index is 11.9. The molecular weight excluding hydrogens is 330 g/mol. The summed E-state index contributed by atoms with van der Waals surface area (Å²) in [6.07, 6.45) is 3.62. The zero-order valence-electron chi connectivity index (χ0n) is 13.0. The molecule has 24 heavy (non-hydrogen) atoms. The van der Waals surface area contributed by atoms with Crippen LogP contribution in [0.4, 0.5) is 5.82 Å². The Labute approximate surface area is 144 Å². The third-order valence-electron chi connectivity index (χ3n) is 3.79. The second kappa shape index (κ2) is 7.46. The molecule has 1 fully saturated rings. The number of hydrogen-bond donors (Lipinski definition) is 2. The number of ether oxygens (including phenoxy) is 1. The Morgan fingerprint density at radius 2 is 2.08 bits per heavy atom. The summed E-state index contributed by atoms with van der Waals surface area (Å²) in [4.78, 5) is 22.7. The largest absolute Gasteiger partial charge is 0.484 e. The van der Waals surface area contributed by atoms with Gasteiger partial charge in [-0.15, -0.1) is 0 Å². The van der Waals surface area contributed by atoms with Gasteiger partial charge in [-0.2, -0.15) is 0 Å². The number of anilines is 1. The summed E-state index contributed by atoms with van der Waals surface area (Å²) in [6.45, 7) is 1.87. The van der Waals surface area contributed by atoms with E-state index in [1.807, 2.05) is 12.1 Å². The van der Waals surface area contributed by atoms with Gasteiger partial charge in [0.25, 0.3) is 5.91 Å². The number of nitrogen functional groups attached to an aromatic ring is 1. The quantitative estimate of drug-likeness (QED) is 0.487. The molecule has 126 valence electrons. The van der Waals surface area contributed by atoms with Crippen molar-refractivity contribution < 1.29 is 9.53 Å². The van der Waals surface area contributed by atoms with E-state index >= 15 is 0 Å². The molecule has 0 bridgehead atoms. The predicted octanol–water partition coefficient (Wildman–Crippen LogP) is 1.91. The Hall–Kier alpha value is -2.38. The molecule has 0 saturated carbocycles. The average Bonchev–Trinajstić information content (AvgIpc) is 3.15. The van der Waals surface area contributed by atoms with E-state index in [-0.39, 0.29) is 6.61 Å². The molecule has 1 aromatic heterocycles.